The van der Waals surface area contributed by atoms with Gasteiger partial charge in [0.1, 0.15) is 5.76 Å². The van der Waals surface area contributed by atoms with Crippen LogP contribution in [0.4, 0.5) is 0 Å². The van der Waals surface area contributed by atoms with Crippen molar-refractivity contribution in [2.45, 2.75) is 19.9 Å². The molecular formula is C18H19N3O3. The van der Waals surface area contributed by atoms with Crippen LogP contribution in [0.1, 0.15) is 27.4 Å². The number of carbonyl (C=O) groups is 2. The number of aromatic nitrogens is 1. The van der Waals surface area contributed by atoms with Crippen LogP contribution in [0.15, 0.2) is 34.9 Å². The number of aryl methyl sites for hydroxylation is 1. The van der Waals surface area contributed by atoms with Gasteiger partial charge in [-0.1, -0.05) is 29.4 Å². The van der Waals surface area contributed by atoms with Gasteiger partial charge in [-0.05, 0) is 24.5 Å². The van der Waals surface area contributed by atoms with E-state index in [1.807, 2.05) is 17.0 Å². The first-order valence-corrected chi connectivity index (χ1v) is 8.20. The van der Waals surface area contributed by atoms with Crippen LogP contribution < -0.4 is 0 Å². The number of rotatable bonds is 2. The van der Waals surface area contributed by atoms with Crippen molar-refractivity contribution >= 4 is 11.8 Å². The lowest BCUT2D eigenvalue weighted by Crippen LogP contribution is -2.56. The predicted octanol–water partition coefficient (Wildman–Crippen LogP) is 1.64. The van der Waals surface area contributed by atoms with Crippen molar-refractivity contribution in [3.8, 4) is 0 Å². The van der Waals surface area contributed by atoms with Crippen molar-refractivity contribution in [3.05, 3.63) is 52.9 Å². The summed E-state index contributed by atoms with van der Waals surface area (Å²) in [7, 11) is 0. The third kappa shape index (κ3) is 2.58. The molecular weight excluding hydrogens is 306 g/mol. The number of hydrogen-bond acceptors (Lipinski definition) is 4. The average Bonchev–Trinajstić information content (AvgIpc) is 2.99. The number of hydrogen-bond donors (Lipinski definition) is 0. The first kappa shape index (κ1) is 14.9. The first-order valence-electron chi connectivity index (χ1n) is 8.20. The molecule has 0 spiro atoms. The summed E-state index contributed by atoms with van der Waals surface area (Å²) in [6.45, 7) is 4.09. The fourth-order valence-corrected chi connectivity index (χ4v) is 3.37. The van der Waals surface area contributed by atoms with E-state index in [1.54, 1.807) is 17.9 Å². The van der Waals surface area contributed by atoms with Gasteiger partial charge in [-0.2, -0.15) is 0 Å². The third-order valence-corrected chi connectivity index (χ3v) is 4.81. The summed E-state index contributed by atoms with van der Waals surface area (Å²) in [6.07, 6.45) is 0.898. The number of nitrogens with zero attached hydrogens (tertiary/aromatic N) is 3. The minimum absolute atomic E-state index is 0.104. The second kappa shape index (κ2) is 5.78. The van der Waals surface area contributed by atoms with E-state index in [0.717, 1.165) is 13.0 Å². The second-order valence-corrected chi connectivity index (χ2v) is 6.51. The van der Waals surface area contributed by atoms with Crippen molar-refractivity contribution in [1.29, 1.82) is 0 Å². The molecule has 1 saturated heterocycles. The molecule has 1 aromatic heterocycles. The van der Waals surface area contributed by atoms with E-state index in [2.05, 4.69) is 17.3 Å². The number of benzene rings is 1. The van der Waals surface area contributed by atoms with Crippen LogP contribution in [0.2, 0.25) is 0 Å². The molecule has 0 atom stereocenters. The first-order chi connectivity index (χ1) is 11.6. The molecule has 2 aliphatic heterocycles. The van der Waals surface area contributed by atoms with Crippen molar-refractivity contribution in [1.82, 2.24) is 15.0 Å². The largest absolute Gasteiger partial charge is 0.361 e. The highest BCUT2D eigenvalue weighted by Gasteiger charge is 2.39. The van der Waals surface area contributed by atoms with Gasteiger partial charge in [-0.15, -0.1) is 0 Å². The maximum absolute atomic E-state index is 12.7. The van der Waals surface area contributed by atoms with E-state index >= 15 is 0 Å². The Hall–Kier alpha value is -2.63. The van der Waals surface area contributed by atoms with Gasteiger partial charge >= 0.3 is 0 Å². The molecule has 24 heavy (non-hydrogen) atoms. The van der Waals surface area contributed by atoms with E-state index in [9.17, 15) is 9.59 Å². The number of amides is 2. The van der Waals surface area contributed by atoms with Crippen LogP contribution in [-0.4, -0.2) is 46.4 Å². The molecule has 0 saturated carbocycles. The highest BCUT2D eigenvalue weighted by Crippen LogP contribution is 2.25. The molecule has 6 nitrogen and oxygen atoms in total. The maximum atomic E-state index is 12.7. The zero-order chi connectivity index (χ0) is 16.7. The van der Waals surface area contributed by atoms with Gasteiger partial charge in [-0.3, -0.25) is 9.59 Å². The summed E-state index contributed by atoms with van der Waals surface area (Å²) in [5.41, 5.74) is 2.86. The molecule has 124 valence electrons. The lowest BCUT2D eigenvalue weighted by atomic mass is 9.94. The number of likely N-dealkylation sites (tertiary alicyclic amines) is 1. The number of carbonyl (C=O) groups excluding carboxylic acids is 2. The van der Waals surface area contributed by atoms with Crippen molar-refractivity contribution in [2.24, 2.45) is 5.92 Å². The van der Waals surface area contributed by atoms with Crippen LogP contribution in [0.25, 0.3) is 0 Å². The Balaban J connectivity index is 1.36. The minimum Gasteiger partial charge on any atom is -0.361 e. The molecule has 6 heteroatoms. The van der Waals surface area contributed by atoms with Gasteiger partial charge in [0.15, 0.2) is 5.69 Å². The molecule has 0 unspecified atom stereocenters. The fourth-order valence-electron chi connectivity index (χ4n) is 3.37. The molecule has 2 amide bonds. The van der Waals surface area contributed by atoms with Crippen LogP contribution in [-0.2, 0) is 17.8 Å². The van der Waals surface area contributed by atoms with Gasteiger partial charge < -0.3 is 14.3 Å². The van der Waals surface area contributed by atoms with E-state index in [0.29, 0.717) is 31.1 Å². The molecule has 0 aliphatic carbocycles. The Morgan fingerprint density at radius 2 is 1.92 bits per heavy atom. The third-order valence-electron chi connectivity index (χ3n) is 4.81. The highest BCUT2D eigenvalue weighted by atomic mass is 16.5. The zero-order valence-corrected chi connectivity index (χ0v) is 13.6. The van der Waals surface area contributed by atoms with Crippen molar-refractivity contribution < 1.29 is 14.1 Å². The molecule has 4 rings (SSSR count). The molecule has 2 aliphatic rings. The van der Waals surface area contributed by atoms with E-state index < -0.39 is 0 Å². The Morgan fingerprint density at radius 1 is 1.17 bits per heavy atom. The monoisotopic (exact) mass is 325 g/mol. The molecule has 1 aromatic carbocycles. The lowest BCUT2D eigenvalue weighted by Gasteiger charge is -2.41. The van der Waals surface area contributed by atoms with E-state index in [1.165, 1.54) is 11.1 Å². The minimum atomic E-state index is -0.167. The summed E-state index contributed by atoms with van der Waals surface area (Å²) in [4.78, 5) is 28.4. The summed E-state index contributed by atoms with van der Waals surface area (Å²) in [5.74, 6) is 0.482. The normalized spacial score (nSPS) is 17.4. The number of fused-ring (bicyclic) bond motifs is 1. The quantitative estimate of drug-likeness (QED) is 0.842. The second-order valence-electron chi connectivity index (χ2n) is 6.51. The molecule has 0 bridgehead atoms. The molecule has 1 fully saturated rings. The Kier molecular flexibility index (Phi) is 3.59. The standard InChI is InChI=1S/C18H19N3O3/c1-12-8-16(19-24-12)18(23)21-10-15(11-21)17(22)20-7-6-13-4-2-3-5-14(13)9-20/h2-5,8,15H,6-7,9-11H2,1H3. The van der Waals surface area contributed by atoms with Crippen molar-refractivity contribution in [3.63, 3.8) is 0 Å². The van der Waals surface area contributed by atoms with Crippen molar-refractivity contribution in [2.75, 3.05) is 19.6 Å². The topological polar surface area (TPSA) is 66.7 Å². The summed E-state index contributed by atoms with van der Waals surface area (Å²) < 4.78 is 4.93. The van der Waals surface area contributed by atoms with Crippen LogP contribution in [0.5, 0.6) is 0 Å². The Bertz CT molecular complexity index is 792. The van der Waals surface area contributed by atoms with Gasteiger partial charge in [0.05, 0.1) is 5.92 Å². The molecule has 0 radical (unpaired) electrons. The Labute approximate surface area is 140 Å². The maximum Gasteiger partial charge on any atom is 0.276 e. The SMILES string of the molecule is Cc1cc(C(=O)N2CC(C(=O)N3CCc4ccccc4C3)C2)no1. The van der Waals surface area contributed by atoms with E-state index in [-0.39, 0.29) is 17.7 Å². The fraction of sp³-hybridized carbons (Fsp3) is 0.389. The van der Waals surface area contributed by atoms with Gasteiger partial charge in [0.25, 0.3) is 5.91 Å². The summed E-state index contributed by atoms with van der Waals surface area (Å²) in [6, 6.07) is 9.88. The zero-order valence-electron chi connectivity index (χ0n) is 13.6. The van der Waals surface area contributed by atoms with Gasteiger partial charge in [0, 0.05) is 32.2 Å². The van der Waals surface area contributed by atoms with E-state index in [4.69, 9.17) is 4.52 Å². The van der Waals surface area contributed by atoms with Crippen LogP contribution in [0, 0.1) is 12.8 Å². The lowest BCUT2D eigenvalue weighted by molar-refractivity contribution is -0.140. The molecule has 0 N–H and O–H groups in total. The van der Waals surface area contributed by atoms with Gasteiger partial charge in [-0.25, -0.2) is 0 Å². The summed E-state index contributed by atoms with van der Waals surface area (Å²) >= 11 is 0. The summed E-state index contributed by atoms with van der Waals surface area (Å²) in [5, 5.41) is 3.74. The van der Waals surface area contributed by atoms with Crippen LogP contribution in [0.3, 0.4) is 0 Å². The average molecular weight is 325 g/mol. The predicted molar refractivity (Wildman–Crippen MR) is 86.2 cm³/mol. The molecule has 3 heterocycles. The molecule has 2 aromatic rings. The van der Waals surface area contributed by atoms with Crippen LogP contribution >= 0.6 is 0 Å². The smallest absolute Gasteiger partial charge is 0.276 e. The van der Waals surface area contributed by atoms with Gasteiger partial charge in [0.2, 0.25) is 5.91 Å². The highest BCUT2D eigenvalue weighted by molar-refractivity contribution is 5.94. The Morgan fingerprint density at radius 3 is 2.62 bits per heavy atom.